The summed E-state index contributed by atoms with van der Waals surface area (Å²) in [6, 6.07) is 13.3. The molecule has 0 radical (unpaired) electrons. The molecule has 132 valence electrons. The maximum atomic E-state index is 12.2. The van der Waals surface area contributed by atoms with Gasteiger partial charge in [-0.25, -0.2) is 15.0 Å². The molecule has 0 spiro atoms. The molecule has 0 saturated carbocycles. The Labute approximate surface area is 161 Å². The second-order valence-corrected chi connectivity index (χ2v) is 7.66. The van der Waals surface area contributed by atoms with Gasteiger partial charge in [-0.15, -0.1) is 11.3 Å². The molecule has 0 bridgehead atoms. The fourth-order valence-corrected chi connectivity index (χ4v) is 4.42. The second kappa shape index (κ2) is 6.64. The van der Waals surface area contributed by atoms with Crippen LogP contribution in [0.4, 0.5) is 0 Å². The summed E-state index contributed by atoms with van der Waals surface area (Å²) in [5.74, 6) is 2.28. The van der Waals surface area contributed by atoms with E-state index in [0.717, 1.165) is 21.4 Å². The summed E-state index contributed by atoms with van der Waals surface area (Å²) in [4.78, 5) is 28.8. The van der Waals surface area contributed by atoms with Gasteiger partial charge in [0.25, 0.3) is 5.56 Å². The molecular formula is C19H12N4O2S2. The van der Waals surface area contributed by atoms with Crippen LogP contribution in [0.1, 0.15) is 5.82 Å². The predicted octanol–water partition coefficient (Wildman–Crippen LogP) is 4.48. The Hall–Kier alpha value is -2.97. The van der Waals surface area contributed by atoms with Gasteiger partial charge >= 0.3 is 0 Å². The molecule has 0 aliphatic heterocycles. The zero-order chi connectivity index (χ0) is 18.2. The molecule has 5 aromatic rings. The van der Waals surface area contributed by atoms with Gasteiger partial charge in [0.15, 0.2) is 11.6 Å². The van der Waals surface area contributed by atoms with Crippen LogP contribution < -0.4 is 5.56 Å². The van der Waals surface area contributed by atoms with Gasteiger partial charge in [-0.3, -0.25) is 4.79 Å². The molecule has 1 N–H and O–H groups in total. The highest BCUT2D eigenvalue weighted by Gasteiger charge is 2.13. The third kappa shape index (κ3) is 3.02. The van der Waals surface area contributed by atoms with E-state index in [1.54, 1.807) is 6.26 Å². The lowest BCUT2D eigenvalue weighted by atomic mass is 10.2. The molecule has 0 fully saturated rings. The minimum Gasteiger partial charge on any atom is -0.461 e. The van der Waals surface area contributed by atoms with Crippen molar-refractivity contribution in [2.24, 2.45) is 0 Å². The average Bonchev–Trinajstić information content (AvgIpc) is 3.38. The molecule has 0 aliphatic carbocycles. The number of furan rings is 1. The Morgan fingerprint density at radius 1 is 1.04 bits per heavy atom. The van der Waals surface area contributed by atoms with E-state index in [-0.39, 0.29) is 5.56 Å². The van der Waals surface area contributed by atoms with Crippen molar-refractivity contribution in [3.8, 4) is 11.6 Å². The van der Waals surface area contributed by atoms with Crippen LogP contribution in [0.3, 0.4) is 0 Å². The Morgan fingerprint density at radius 2 is 1.96 bits per heavy atom. The molecule has 27 heavy (non-hydrogen) atoms. The first kappa shape index (κ1) is 16.2. The number of benzene rings is 1. The number of hydrogen-bond acceptors (Lipinski definition) is 7. The molecule has 5 rings (SSSR count). The van der Waals surface area contributed by atoms with E-state index >= 15 is 0 Å². The van der Waals surface area contributed by atoms with E-state index in [9.17, 15) is 4.79 Å². The molecule has 6 nitrogen and oxygen atoms in total. The number of aromatic nitrogens is 4. The summed E-state index contributed by atoms with van der Waals surface area (Å²) in [6.45, 7) is 0. The smallest absolute Gasteiger partial charge is 0.268 e. The van der Waals surface area contributed by atoms with E-state index in [4.69, 9.17) is 4.42 Å². The van der Waals surface area contributed by atoms with Crippen LogP contribution >= 0.6 is 23.1 Å². The first-order chi connectivity index (χ1) is 13.3. The van der Waals surface area contributed by atoms with Crippen LogP contribution in [-0.2, 0) is 5.75 Å². The van der Waals surface area contributed by atoms with Crippen LogP contribution in [0.25, 0.3) is 32.7 Å². The maximum absolute atomic E-state index is 12.2. The molecule has 8 heteroatoms. The molecule has 4 heterocycles. The number of para-hydroxylation sites is 1. The summed E-state index contributed by atoms with van der Waals surface area (Å²) in [6.07, 6.45) is 1.60. The second-order valence-electron chi connectivity index (χ2n) is 5.78. The number of fused-ring (bicyclic) bond motifs is 2. The van der Waals surface area contributed by atoms with E-state index in [1.807, 2.05) is 47.8 Å². The highest BCUT2D eigenvalue weighted by atomic mass is 32.2. The predicted molar refractivity (Wildman–Crippen MR) is 107 cm³/mol. The number of nitrogens with zero attached hydrogens (tertiary/aromatic N) is 3. The highest BCUT2D eigenvalue weighted by Crippen LogP contribution is 2.30. The van der Waals surface area contributed by atoms with Crippen molar-refractivity contribution in [2.45, 2.75) is 10.8 Å². The summed E-state index contributed by atoms with van der Waals surface area (Å²) in [5, 5.41) is 3.65. The average molecular weight is 392 g/mol. The molecule has 0 unspecified atom stereocenters. The standard InChI is InChI=1S/C19H12N4O2S2/c24-18-16-13(7-9-26-16)20-15(22-18)10-27-19-11-4-1-2-5-12(11)21-17(23-19)14-6-3-8-25-14/h1-9H,10H2,(H,20,22,24). The molecule has 4 aromatic heterocycles. The molecule has 1 aromatic carbocycles. The van der Waals surface area contributed by atoms with Crippen molar-refractivity contribution >= 4 is 44.2 Å². The fourth-order valence-electron chi connectivity index (χ4n) is 2.80. The van der Waals surface area contributed by atoms with Gasteiger partial charge < -0.3 is 9.40 Å². The van der Waals surface area contributed by atoms with Crippen LogP contribution in [0.15, 0.2) is 68.3 Å². The van der Waals surface area contributed by atoms with Gasteiger partial charge in [0, 0.05) is 5.39 Å². The molecule has 0 amide bonds. The Kier molecular flexibility index (Phi) is 3.99. The number of rotatable bonds is 4. The topological polar surface area (TPSA) is 84.7 Å². The summed E-state index contributed by atoms with van der Waals surface area (Å²) >= 11 is 2.91. The maximum Gasteiger partial charge on any atom is 0.268 e. The number of nitrogens with one attached hydrogen (secondary N) is 1. The first-order valence-electron chi connectivity index (χ1n) is 8.18. The largest absolute Gasteiger partial charge is 0.461 e. The van der Waals surface area contributed by atoms with Gasteiger partial charge in [-0.1, -0.05) is 30.0 Å². The normalized spacial score (nSPS) is 11.4. The lowest BCUT2D eigenvalue weighted by Crippen LogP contribution is -2.09. The van der Waals surface area contributed by atoms with Crippen molar-refractivity contribution in [3.63, 3.8) is 0 Å². The van der Waals surface area contributed by atoms with Gasteiger partial charge in [-0.05, 0) is 29.6 Å². The Balaban J connectivity index is 1.54. The SMILES string of the molecule is O=c1[nH]c(CSc2nc(-c3ccco3)nc3ccccc23)nc2ccsc12. The Bertz CT molecular complexity index is 1310. The number of aromatic amines is 1. The third-order valence-electron chi connectivity index (χ3n) is 4.02. The Morgan fingerprint density at radius 3 is 2.85 bits per heavy atom. The monoisotopic (exact) mass is 392 g/mol. The van der Waals surface area contributed by atoms with Crippen molar-refractivity contribution in [3.05, 3.63) is 70.3 Å². The van der Waals surface area contributed by atoms with Crippen LogP contribution in [0.5, 0.6) is 0 Å². The minimum atomic E-state index is -0.102. The zero-order valence-electron chi connectivity index (χ0n) is 13.9. The van der Waals surface area contributed by atoms with Crippen molar-refractivity contribution in [1.29, 1.82) is 0 Å². The van der Waals surface area contributed by atoms with Crippen LogP contribution in [-0.4, -0.2) is 19.9 Å². The lowest BCUT2D eigenvalue weighted by Gasteiger charge is -2.07. The molecule has 0 atom stereocenters. The van der Waals surface area contributed by atoms with Gasteiger partial charge in [-0.2, -0.15) is 0 Å². The highest BCUT2D eigenvalue weighted by molar-refractivity contribution is 7.98. The third-order valence-corrected chi connectivity index (χ3v) is 5.92. The quantitative estimate of drug-likeness (QED) is 0.359. The van der Waals surface area contributed by atoms with Crippen molar-refractivity contribution in [2.75, 3.05) is 0 Å². The van der Waals surface area contributed by atoms with Gasteiger partial charge in [0.1, 0.15) is 15.6 Å². The molecule has 0 aliphatic rings. The number of H-pyrrole nitrogens is 1. The van der Waals surface area contributed by atoms with Crippen molar-refractivity contribution in [1.82, 2.24) is 19.9 Å². The summed E-state index contributed by atoms with van der Waals surface area (Å²) in [7, 11) is 0. The van der Waals surface area contributed by atoms with E-state index in [2.05, 4.69) is 19.9 Å². The van der Waals surface area contributed by atoms with Crippen LogP contribution in [0, 0.1) is 0 Å². The first-order valence-corrected chi connectivity index (χ1v) is 10.0. The van der Waals surface area contributed by atoms with E-state index < -0.39 is 0 Å². The van der Waals surface area contributed by atoms with Gasteiger partial charge in [0.2, 0.25) is 0 Å². The lowest BCUT2D eigenvalue weighted by molar-refractivity contribution is 0.577. The zero-order valence-corrected chi connectivity index (χ0v) is 15.5. The van der Waals surface area contributed by atoms with Crippen LogP contribution in [0.2, 0.25) is 0 Å². The fraction of sp³-hybridized carbons (Fsp3) is 0.0526. The minimum absolute atomic E-state index is 0.102. The van der Waals surface area contributed by atoms with E-state index in [0.29, 0.717) is 27.9 Å². The van der Waals surface area contributed by atoms with Crippen molar-refractivity contribution < 1.29 is 4.42 Å². The molecular weight excluding hydrogens is 380 g/mol. The van der Waals surface area contributed by atoms with Gasteiger partial charge in [0.05, 0.1) is 23.0 Å². The number of thioether (sulfide) groups is 1. The van der Waals surface area contributed by atoms with E-state index in [1.165, 1.54) is 23.1 Å². The number of hydrogen-bond donors (Lipinski definition) is 1. The number of thiophene rings is 1. The summed E-state index contributed by atoms with van der Waals surface area (Å²) < 4.78 is 6.10. The molecule has 0 saturated heterocycles. The summed E-state index contributed by atoms with van der Waals surface area (Å²) in [5.41, 5.74) is 1.47.